The average molecular weight is 256 g/mol. The molecule has 0 fully saturated rings. The fourth-order valence-electron chi connectivity index (χ4n) is 2.01. The predicted octanol–water partition coefficient (Wildman–Crippen LogP) is 2.75. The lowest BCUT2D eigenvalue weighted by Gasteiger charge is -2.22. The summed E-state index contributed by atoms with van der Waals surface area (Å²) < 4.78 is 0. The van der Waals surface area contributed by atoms with Crippen LogP contribution >= 0.6 is 0 Å². The van der Waals surface area contributed by atoms with Crippen molar-refractivity contribution in [1.82, 2.24) is 10.6 Å². The van der Waals surface area contributed by atoms with E-state index < -0.39 is 0 Å². The Balaban J connectivity index is 3.91. The molecule has 1 atom stereocenters. The Kier molecular flexibility index (Phi) is 10.3. The van der Waals surface area contributed by atoms with E-state index in [9.17, 15) is 4.79 Å². The van der Waals surface area contributed by atoms with Crippen molar-refractivity contribution in [1.29, 1.82) is 0 Å². The molecule has 0 spiro atoms. The lowest BCUT2D eigenvalue weighted by Crippen LogP contribution is -2.42. The molecule has 2 N–H and O–H groups in total. The molecular weight excluding hydrogens is 224 g/mol. The molecule has 0 saturated heterocycles. The average Bonchev–Trinajstić information content (AvgIpc) is 2.30. The Morgan fingerprint density at radius 3 is 2.22 bits per heavy atom. The summed E-state index contributed by atoms with van der Waals surface area (Å²) in [4.78, 5) is 12.1. The van der Waals surface area contributed by atoms with E-state index in [4.69, 9.17) is 0 Å². The van der Waals surface area contributed by atoms with Crippen LogP contribution in [0.3, 0.4) is 0 Å². The summed E-state index contributed by atoms with van der Waals surface area (Å²) in [7, 11) is 0. The highest BCUT2D eigenvalue weighted by Gasteiger charge is 2.20. The Morgan fingerprint density at radius 1 is 1.06 bits per heavy atom. The van der Waals surface area contributed by atoms with E-state index in [2.05, 4.69) is 31.4 Å². The lowest BCUT2D eigenvalue weighted by atomic mass is 9.96. The van der Waals surface area contributed by atoms with Gasteiger partial charge in [0.05, 0.1) is 6.04 Å². The smallest absolute Gasteiger partial charge is 0.152 e. The largest absolute Gasteiger partial charge is 0.317 e. The first-order valence-corrected chi connectivity index (χ1v) is 7.49. The van der Waals surface area contributed by atoms with Crippen LogP contribution in [-0.4, -0.2) is 31.0 Å². The van der Waals surface area contributed by atoms with E-state index in [1.807, 2.05) is 13.8 Å². The zero-order valence-electron chi connectivity index (χ0n) is 12.9. The maximum Gasteiger partial charge on any atom is 0.152 e. The van der Waals surface area contributed by atoms with E-state index in [0.29, 0.717) is 11.8 Å². The summed E-state index contributed by atoms with van der Waals surface area (Å²) in [6, 6.07) is 0.409. The molecule has 0 aliphatic carbocycles. The summed E-state index contributed by atoms with van der Waals surface area (Å²) >= 11 is 0. The van der Waals surface area contributed by atoms with Gasteiger partial charge in [0.15, 0.2) is 5.78 Å². The SMILES string of the molecule is CCCNCCCCC(NC(C)C)C(=O)C(C)C. The molecule has 0 heterocycles. The van der Waals surface area contributed by atoms with E-state index >= 15 is 0 Å². The van der Waals surface area contributed by atoms with Crippen molar-refractivity contribution < 1.29 is 4.79 Å². The molecule has 0 amide bonds. The quantitative estimate of drug-likeness (QED) is 0.559. The van der Waals surface area contributed by atoms with Gasteiger partial charge in [0.25, 0.3) is 0 Å². The van der Waals surface area contributed by atoms with Gasteiger partial charge in [0.2, 0.25) is 0 Å². The van der Waals surface area contributed by atoms with E-state index in [0.717, 1.165) is 32.4 Å². The predicted molar refractivity (Wildman–Crippen MR) is 78.9 cm³/mol. The van der Waals surface area contributed by atoms with Crippen LogP contribution < -0.4 is 10.6 Å². The molecule has 18 heavy (non-hydrogen) atoms. The molecule has 0 aliphatic rings. The molecule has 0 aromatic carbocycles. The fraction of sp³-hybridized carbons (Fsp3) is 0.933. The molecule has 0 aromatic heterocycles. The number of unbranched alkanes of at least 4 members (excludes halogenated alkanes) is 1. The number of ketones is 1. The van der Waals surface area contributed by atoms with Gasteiger partial charge in [-0.1, -0.05) is 41.0 Å². The maximum atomic E-state index is 12.1. The van der Waals surface area contributed by atoms with Crippen LogP contribution in [0.1, 0.15) is 60.3 Å². The Bertz CT molecular complexity index is 215. The van der Waals surface area contributed by atoms with Gasteiger partial charge in [-0.3, -0.25) is 4.79 Å². The van der Waals surface area contributed by atoms with Gasteiger partial charge >= 0.3 is 0 Å². The Hall–Kier alpha value is -0.410. The molecule has 3 nitrogen and oxygen atoms in total. The second kappa shape index (κ2) is 10.5. The molecule has 0 saturated carbocycles. The summed E-state index contributed by atoms with van der Waals surface area (Å²) in [5.41, 5.74) is 0. The molecule has 3 heteroatoms. The third kappa shape index (κ3) is 8.65. The highest BCUT2D eigenvalue weighted by Crippen LogP contribution is 2.08. The normalized spacial score (nSPS) is 13.3. The van der Waals surface area contributed by atoms with Crippen molar-refractivity contribution in [2.45, 2.75) is 72.4 Å². The summed E-state index contributed by atoms with van der Waals surface area (Å²) in [5, 5.41) is 6.79. The molecule has 0 rings (SSSR count). The summed E-state index contributed by atoms with van der Waals surface area (Å²) in [5.74, 6) is 0.477. The van der Waals surface area contributed by atoms with Gasteiger partial charge in [-0.2, -0.15) is 0 Å². The third-order valence-corrected chi connectivity index (χ3v) is 2.97. The van der Waals surface area contributed by atoms with Crippen molar-refractivity contribution in [2.24, 2.45) is 5.92 Å². The third-order valence-electron chi connectivity index (χ3n) is 2.97. The summed E-state index contributed by atoms with van der Waals surface area (Å²) in [6.07, 6.45) is 4.41. The van der Waals surface area contributed by atoms with E-state index in [1.165, 1.54) is 6.42 Å². The number of hydrogen-bond donors (Lipinski definition) is 2. The van der Waals surface area contributed by atoms with Crippen molar-refractivity contribution in [3.8, 4) is 0 Å². The van der Waals surface area contributed by atoms with Crippen molar-refractivity contribution in [2.75, 3.05) is 13.1 Å². The zero-order valence-corrected chi connectivity index (χ0v) is 12.9. The summed E-state index contributed by atoms with van der Waals surface area (Å²) in [6.45, 7) is 12.5. The molecule has 0 aromatic rings. The lowest BCUT2D eigenvalue weighted by molar-refractivity contribution is -0.124. The first-order valence-electron chi connectivity index (χ1n) is 7.49. The molecule has 1 unspecified atom stereocenters. The first kappa shape index (κ1) is 17.6. The van der Waals surface area contributed by atoms with Crippen LogP contribution in [-0.2, 0) is 4.79 Å². The minimum atomic E-state index is 0.0381. The monoisotopic (exact) mass is 256 g/mol. The number of nitrogens with one attached hydrogen (secondary N) is 2. The van der Waals surface area contributed by atoms with Crippen LogP contribution in [0, 0.1) is 5.92 Å². The first-order chi connectivity index (χ1) is 8.49. The van der Waals surface area contributed by atoms with Gasteiger partial charge < -0.3 is 10.6 Å². The van der Waals surface area contributed by atoms with Crippen LogP contribution in [0.2, 0.25) is 0 Å². The van der Waals surface area contributed by atoms with Crippen LogP contribution in [0.25, 0.3) is 0 Å². The van der Waals surface area contributed by atoms with Crippen LogP contribution in [0.15, 0.2) is 0 Å². The minimum absolute atomic E-state index is 0.0381. The minimum Gasteiger partial charge on any atom is -0.317 e. The van der Waals surface area contributed by atoms with E-state index in [1.54, 1.807) is 0 Å². The van der Waals surface area contributed by atoms with Crippen molar-refractivity contribution in [3.05, 3.63) is 0 Å². The molecule has 0 bridgehead atoms. The topological polar surface area (TPSA) is 41.1 Å². The Morgan fingerprint density at radius 2 is 1.72 bits per heavy atom. The second-order valence-corrected chi connectivity index (χ2v) is 5.68. The van der Waals surface area contributed by atoms with Crippen molar-refractivity contribution >= 4 is 5.78 Å². The molecular formula is C15H32N2O. The number of carbonyl (C=O) groups is 1. The highest BCUT2D eigenvalue weighted by molar-refractivity contribution is 5.85. The molecule has 108 valence electrons. The maximum absolute atomic E-state index is 12.1. The second-order valence-electron chi connectivity index (χ2n) is 5.68. The van der Waals surface area contributed by atoms with Gasteiger partial charge in [-0.25, -0.2) is 0 Å². The number of carbonyl (C=O) groups excluding carboxylic acids is 1. The van der Waals surface area contributed by atoms with Gasteiger partial charge in [0, 0.05) is 12.0 Å². The number of rotatable bonds is 11. The molecule has 0 radical (unpaired) electrons. The zero-order chi connectivity index (χ0) is 14.0. The standard InChI is InChI=1S/C15H32N2O/c1-6-10-16-11-8-7-9-14(17-13(4)5)15(18)12(2)3/h12-14,16-17H,6-11H2,1-5H3. The Labute approximate surface area is 113 Å². The van der Waals surface area contributed by atoms with Gasteiger partial charge in [-0.05, 0) is 32.4 Å². The van der Waals surface area contributed by atoms with Crippen molar-refractivity contribution in [3.63, 3.8) is 0 Å². The fourth-order valence-corrected chi connectivity index (χ4v) is 2.01. The highest BCUT2D eigenvalue weighted by atomic mass is 16.1. The van der Waals surface area contributed by atoms with Crippen LogP contribution in [0.5, 0.6) is 0 Å². The van der Waals surface area contributed by atoms with Gasteiger partial charge in [0.1, 0.15) is 0 Å². The molecule has 0 aliphatic heterocycles. The number of Topliss-reactive ketones (excluding diaryl/α,β-unsaturated/α-hetero) is 1. The number of hydrogen-bond acceptors (Lipinski definition) is 3. The van der Waals surface area contributed by atoms with E-state index in [-0.39, 0.29) is 12.0 Å². The van der Waals surface area contributed by atoms with Gasteiger partial charge in [-0.15, -0.1) is 0 Å². The van der Waals surface area contributed by atoms with Crippen LogP contribution in [0.4, 0.5) is 0 Å².